The number of anilines is 1. The summed E-state index contributed by atoms with van der Waals surface area (Å²) in [6.07, 6.45) is -5.08. The van der Waals surface area contributed by atoms with Gasteiger partial charge in [0.1, 0.15) is 11.5 Å². The number of esters is 1. The average Bonchev–Trinajstić information content (AvgIpc) is 3.05. The molecule has 2 heterocycles. The Kier molecular flexibility index (Phi) is 4.48. The minimum absolute atomic E-state index is 0.0497. The molecule has 172 valence electrons. The summed E-state index contributed by atoms with van der Waals surface area (Å²) in [5, 5.41) is 11.1. The molecule has 2 aliphatic heterocycles. The summed E-state index contributed by atoms with van der Waals surface area (Å²) in [6, 6.07) is 13.1. The minimum Gasteiger partial charge on any atom is -0.478 e. The van der Waals surface area contributed by atoms with E-state index in [1.807, 2.05) is 0 Å². The Balaban J connectivity index is 1.72. The molecule has 0 saturated carbocycles. The summed E-state index contributed by atoms with van der Waals surface area (Å²) in [6.45, 7) is 1.81. The van der Waals surface area contributed by atoms with Gasteiger partial charge in [0, 0.05) is 28.4 Å². The normalized spacial score (nSPS) is 17.8. The van der Waals surface area contributed by atoms with Crippen molar-refractivity contribution in [2.45, 2.75) is 18.7 Å². The largest absolute Gasteiger partial charge is 0.478 e. The fourth-order valence-corrected chi connectivity index (χ4v) is 4.25. The smallest absolute Gasteiger partial charge is 0.471 e. The number of benzene rings is 3. The minimum atomic E-state index is -5.08. The number of nitrogens with one attached hydrogen (secondary N) is 1. The van der Waals surface area contributed by atoms with E-state index in [1.165, 1.54) is 36.4 Å². The van der Waals surface area contributed by atoms with Crippen molar-refractivity contribution in [1.82, 2.24) is 0 Å². The van der Waals surface area contributed by atoms with E-state index >= 15 is 0 Å². The van der Waals surface area contributed by atoms with E-state index in [9.17, 15) is 32.7 Å². The molecular formula is C24H14F3NO6. The Hall–Kier alpha value is -4.34. The number of ether oxygens (including phenoxy) is 2. The molecule has 0 bridgehead atoms. The summed E-state index contributed by atoms with van der Waals surface area (Å²) in [5.74, 6) is -3.75. The number of alkyl halides is 3. The zero-order chi connectivity index (χ0) is 24.4. The highest BCUT2D eigenvalue weighted by Gasteiger charge is 2.53. The first-order valence-electron chi connectivity index (χ1n) is 9.93. The van der Waals surface area contributed by atoms with Crippen LogP contribution >= 0.6 is 0 Å². The highest BCUT2D eigenvalue weighted by atomic mass is 19.4. The molecule has 10 heteroatoms. The van der Waals surface area contributed by atoms with E-state index in [2.05, 4.69) is 0 Å². The van der Waals surface area contributed by atoms with Crippen molar-refractivity contribution >= 4 is 23.5 Å². The van der Waals surface area contributed by atoms with Gasteiger partial charge in [0.25, 0.3) is 0 Å². The Bertz CT molecular complexity index is 1410. The van der Waals surface area contributed by atoms with Crippen LogP contribution in [0.4, 0.5) is 18.9 Å². The molecule has 5 rings (SSSR count). The van der Waals surface area contributed by atoms with Gasteiger partial charge in [0.15, 0.2) is 5.60 Å². The molecule has 0 aliphatic carbocycles. The maximum Gasteiger partial charge on any atom is 0.471 e. The number of aromatic carboxylic acids is 1. The van der Waals surface area contributed by atoms with Crippen molar-refractivity contribution in [1.29, 1.82) is 0 Å². The summed E-state index contributed by atoms with van der Waals surface area (Å²) in [7, 11) is 0. The van der Waals surface area contributed by atoms with Crippen LogP contribution in [0.15, 0.2) is 54.6 Å². The average molecular weight is 469 g/mol. The number of hydrogen-bond donors (Lipinski definition) is 2. The first-order valence-corrected chi connectivity index (χ1v) is 9.93. The molecule has 1 spiro atoms. The number of halogens is 3. The number of carboxylic acids is 1. The Labute approximate surface area is 189 Å². The van der Waals surface area contributed by atoms with E-state index < -0.39 is 29.6 Å². The van der Waals surface area contributed by atoms with Crippen LogP contribution < -0.4 is 10.1 Å². The van der Waals surface area contributed by atoms with Crippen LogP contribution in [0.3, 0.4) is 0 Å². The summed E-state index contributed by atoms with van der Waals surface area (Å²) < 4.78 is 50.0. The highest BCUT2D eigenvalue weighted by Crippen LogP contribution is 2.56. The van der Waals surface area contributed by atoms with Crippen LogP contribution in [0.1, 0.15) is 43.0 Å². The molecule has 0 saturated heterocycles. The third-order valence-electron chi connectivity index (χ3n) is 5.72. The molecule has 3 aromatic carbocycles. The topological polar surface area (TPSA) is 102 Å². The summed E-state index contributed by atoms with van der Waals surface area (Å²) in [4.78, 5) is 35.7. The number of amides is 1. The molecule has 1 unspecified atom stereocenters. The number of hydrogen-bond acceptors (Lipinski definition) is 5. The predicted molar refractivity (Wildman–Crippen MR) is 111 cm³/mol. The molecule has 7 nitrogen and oxygen atoms in total. The van der Waals surface area contributed by atoms with Gasteiger partial charge in [-0.1, -0.05) is 18.2 Å². The van der Waals surface area contributed by atoms with Crippen molar-refractivity contribution < 1.29 is 42.1 Å². The predicted octanol–water partition coefficient (Wildman–Crippen LogP) is 4.76. The lowest BCUT2D eigenvalue weighted by atomic mass is 9.77. The van der Waals surface area contributed by atoms with E-state index in [0.717, 1.165) is 5.56 Å². The second-order valence-electron chi connectivity index (χ2n) is 7.90. The second kappa shape index (κ2) is 7.08. The Morgan fingerprint density at radius 2 is 1.59 bits per heavy atom. The lowest BCUT2D eigenvalue weighted by Crippen LogP contribution is -2.33. The Morgan fingerprint density at radius 3 is 2.26 bits per heavy atom. The van der Waals surface area contributed by atoms with Gasteiger partial charge in [0.05, 0.1) is 11.1 Å². The monoisotopic (exact) mass is 469 g/mol. The van der Waals surface area contributed by atoms with Crippen molar-refractivity contribution in [3.63, 3.8) is 0 Å². The van der Waals surface area contributed by atoms with Crippen molar-refractivity contribution in [2.75, 3.05) is 5.32 Å². The zero-order valence-corrected chi connectivity index (χ0v) is 17.3. The molecule has 34 heavy (non-hydrogen) atoms. The Morgan fingerprint density at radius 1 is 0.941 bits per heavy atom. The third kappa shape index (κ3) is 3.10. The fourth-order valence-electron chi connectivity index (χ4n) is 4.25. The number of carbonyl (C=O) groups excluding carboxylic acids is 2. The molecule has 1 amide bonds. The number of carboxylic acid groups (broad SMARTS) is 1. The molecule has 1 atom stereocenters. The lowest BCUT2D eigenvalue weighted by Gasteiger charge is -2.36. The van der Waals surface area contributed by atoms with Crippen molar-refractivity contribution in [2.24, 2.45) is 0 Å². The van der Waals surface area contributed by atoms with Crippen molar-refractivity contribution in [3.8, 4) is 11.5 Å². The third-order valence-corrected chi connectivity index (χ3v) is 5.72. The van der Waals surface area contributed by atoms with Crippen molar-refractivity contribution in [3.05, 3.63) is 88.0 Å². The van der Waals surface area contributed by atoms with E-state index in [4.69, 9.17) is 9.47 Å². The molecule has 0 radical (unpaired) electrons. The maximum absolute atomic E-state index is 12.9. The molecule has 2 aliphatic rings. The number of aryl methyl sites for hydroxylation is 1. The standard InChI is InChI=1S/C24H14F3NO6/c1-11-2-5-16-18(8-11)33-19-10-13(28-22(32)24(25,26)27)4-7-17(19)23(16)15-6-3-12(20(29)30)9-14(15)21(31)34-23/h2-10H,1H3,(H,28,32)(H,29,30). The van der Waals surface area contributed by atoms with Gasteiger partial charge in [-0.2, -0.15) is 13.2 Å². The lowest BCUT2D eigenvalue weighted by molar-refractivity contribution is -0.167. The first-order chi connectivity index (χ1) is 16.0. The molecular weight excluding hydrogens is 455 g/mol. The molecule has 0 fully saturated rings. The van der Waals surface area contributed by atoms with Gasteiger partial charge in [-0.05, 0) is 42.8 Å². The summed E-state index contributed by atoms with van der Waals surface area (Å²) in [5.41, 5.74) is 0.207. The van der Waals surface area contributed by atoms with Crippen LogP contribution in [-0.2, 0) is 15.1 Å². The molecule has 2 N–H and O–H groups in total. The quantitative estimate of drug-likeness (QED) is 0.525. The SMILES string of the molecule is Cc1ccc2c(c1)Oc1cc(NC(=O)C(F)(F)F)ccc1C21OC(=O)c2cc(C(=O)O)ccc21. The number of fused-ring (bicyclic) bond motifs is 6. The van der Waals surface area contributed by atoms with Crippen LogP contribution in [0, 0.1) is 6.92 Å². The molecule has 3 aromatic rings. The van der Waals surface area contributed by atoms with Gasteiger partial charge in [0.2, 0.25) is 0 Å². The van der Waals surface area contributed by atoms with E-state index in [0.29, 0.717) is 22.4 Å². The fraction of sp³-hybridized carbons (Fsp3) is 0.125. The van der Waals surface area contributed by atoms with Crippen LogP contribution in [0.25, 0.3) is 0 Å². The van der Waals surface area contributed by atoms with Gasteiger partial charge in [-0.3, -0.25) is 4.79 Å². The van der Waals surface area contributed by atoms with E-state index in [-0.39, 0.29) is 22.6 Å². The summed E-state index contributed by atoms with van der Waals surface area (Å²) >= 11 is 0. The van der Waals surface area contributed by atoms with Gasteiger partial charge in [-0.15, -0.1) is 0 Å². The maximum atomic E-state index is 12.9. The number of rotatable bonds is 2. The first kappa shape index (κ1) is 21.5. The van der Waals surface area contributed by atoms with Crippen LogP contribution in [0.2, 0.25) is 0 Å². The van der Waals surface area contributed by atoms with E-state index in [1.54, 1.807) is 30.4 Å². The zero-order valence-electron chi connectivity index (χ0n) is 17.3. The highest BCUT2D eigenvalue weighted by molar-refractivity contribution is 6.00. The molecule has 0 aromatic heterocycles. The van der Waals surface area contributed by atoms with Gasteiger partial charge < -0.3 is 19.9 Å². The van der Waals surface area contributed by atoms with Gasteiger partial charge >= 0.3 is 24.0 Å². The second-order valence-corrected chi connectivity index (χ2v) is 7.90. The van der Waals surface area contributed by atoms with Crippen LogP contribution in [-0.4, -0.2) is 29.1 Å². The van der Waals surface area contributed by atoms with Crippen LogP contribution in [0.5, 0.6) is 11.5 Å². The number of carbonyl (C=O) groups is 3. The van der Waals surface area contributed by atoms with Gasteiger partial charge in [-0.25, -0.2) is 9.59 Å².